The molecule has 1 saturated heterocycles. The number of para-hydroxylation sites is 1. The van der Waals surface area contributed by atoms with Crippen molar-refractivity contribution in [3.63, 3.8) is 0 Å². The number of hydrogen-bond acceptors (Lipinski definition) is 4. The molecule has 0 saturated carbocycles. The maximum absolute atomic E-state index is 11.2. The summed E-state index contributed by atoms with van der Waals surface area (Å²) in [6.45, 7) is 4.43. The van der Waals surface area contributed by atoms with Crippen LogP contribution in [0.1, 0.15) is 23.1 Å². The van der Waals surface area contributed by atoms with Crippen LogP contribution < -0.4 is 0 Å². The van der Waals surface area contributed by atoms with E-state index in [1.54, 1.807) is 11.3 Å². The van der Waals surface area contributed by atoms with Gasteiger partial charge in [-0.25, -0.2) is 4.98 Å². The number of aromatic nitrogens is 1. The van der Waals surface area contributed by atoms with Gasteiger partial charge in [-0.15, -0.1) is 11.3 Å². The summed E-state index contributed by atoms with van der Waals surface area (Å²) in [4.78, 5) is 8.62. The molecule has 4 aromatic rings. The molecule has 5 rings (SSSR count). The topological polar surface area (TPSA) is 36.4 Å². The maximum atomic E-state index is 11.2. The maximum Gasteiger partial charge on any atom is 0.103 e. The van der Waals surface area contributed by atoms with Gasteiger partial charge in [-0.05, 0) is 47.5 Å². The molecule has 2 aromatic carbocycles. The lowest BCUT2D eigenvalue weighted by Crippen LogP contribution is -2.30. The summed E-state index contributed by atoms with van der Waals surface area (Å²) in [5.41, 5.74) is 4.80. The van der Waals surface area contributed by atoms with Crippen LogP contribution in [0.3, 0.4) is 0 Å². The molecule has 1 fully saturated rings. The van der Waals surface area contributed by atoms with Gasteiger partial charge >= 0.3 is 0 Å². The second-order valence-electron chi connectivity index (χ2n) is 7.98. The monoisotopic (exact) mass is 400 g/mol. The first-order valence-electron chi connectivity index (χ1n) is 10.1. The average Bonchev–Trinajstić information content (AvgIpc) is 3.40. The average molecular weight is 401 g/mol. The Kier molecular flexibility index (Phi) is 4.70. The predicted octanol–water partition coefficient (Wildman–Crippen LogP) is 5.37. The minimum Gasteiger partial charge on any atom is -0.384 e. The molecule has 1 atom stereocenters. The summed E-state index contributed by atoms with van der Waals surface area (Å²) in [7, 11) is 0. The van der Waals surface area contributed by atoms with Crippen LogP contribution in [0.2, 0.25) is 0 Å². The first kappa shape index (κ1) is 18.5. The Balaban J connectivity index is 1.50. The molecule has 4 heteroatoms. The zero-order valence-corrected chi connectivity index (χ0v) is 17.3. The zero-order valence-electron chi connectivity index (χ0n) is 16.5. The highest BCUT2D eigenvalue weighted by Gasteiger charge is 2.37. The Morgan fingerprint density at radius 1 is 1.07 bits per heavy atom. The zero-order chi connectivity index (χ0) is 19.8. The standard InChI is InChI=1S/C25H24N2OS/c1-18-7-5-8-19-15-20(24(26-23(18)19)22-11-6-14-29-22)16-27-13-12-25(28,17-27)21-9-3-2-4-10-21/h2-11,14-15,28H,12-13,16-17H2,1H3/t25-/m1/s1. The van der Waals surface area contributed by atoms with Crippen molar-refractivity contribution >= 4 is 22.2 Å². The summed E-state index contributed by atoms with van der Waals surface area (Å²) in [5, 5.41) is 14.5. The number of aryl methyl sites for hydroxylation is 1. The Labute approximate surface area is 175 Å². The van der Waals surface area contributed by atoms with Crippen LogP contribution in [0.5, 0.6) is 0 Å². The molecule has 2 aromatic heterocycles. The summed E-state index contributed by atoms with van der Waals surface area (Å²) in [6.07, 6.45) is 0.755. The number of thiophene rings is 1. The molecule has 3 nitrogen and oxygen atoms in total. The Morgan fingerprint density at radius 2 is 1.93 bits per heavy atom. The number of aliphatic hydroxyl groups is 1. The van der Waals surface area contributed by atoms with Crippen LogP contribution in [0.4, 0.5) is 0 Å². The number of hydrogen-bond donors (Lipinski definition) is 1. The van der Waals surface area contributed by atoms with Crippen molar-refractivity contribution in [3.8, 4) is 10.6 Å². The van der Waals surface area contributed by atoms with E-state index in [-0.39, 0.29) is 0 Å². The van der Waals surface area contributed by atoms with E-state index in [9.17, 15) is 5.11 Å². The normalized spacial score (nSPS) is 19.8. The Morgan fingerprint density at radius 3 is 2.72 bits per heavy atom. The highest BCUT2D eigenvalue weighted by atomic mass is 32.1. The Bertz CT molecular complexity index is 1140. The number of fused-ring (bicyclic) bond motifs is 1. The van der Waals surface area contributed by atoms with Gasteiger partial charge in [-0.2, -0.15) is 0 Å². The molecule has 1 aliphatic rings. The number of likely N-dealkylation sites (tertiary alicyclic amines) is 1. The molecular formula is C25H24N2OS. The van der Waals surface area contributed by atoms with E-state index in [1.807, 2.05) is 30.3 Å². The number of nitrogens with zero attached hydrogens (tertiary/aromatic N) is 2. The second-order valence-corrected chi connectivity index (χ2v) is 8.93. The van der Waals surface area contributed by atoms with Gasteiger partial charge in [0.15, 0.2) is 0 Å². The third-order valence-corrected chi connectivity index (χ3v) is 6.79. The lowest BCUT2D eigenvalue weighted by atomic mass is 9.93. The molecule has 29 heavy (non-hydrogen) atoms. The van der Waals surface area contributed by atoms with Crippen LogP contribution in [0.25, 0.3) is 21.5 Å². The molecular weight excluding hydrogens is 376 g/mol. The van der Waals surface area contributed by atoms with Gasteiger partial charge < -0.3 is 5.11 Å². The molecule has 0 aliphatic carbocycles. The van der Waals surface area contributed by atoms with Crippen molar-refractivity contribution in [1.82, 2.24) is 9.88 Å². The van der Waals surface area contributed by atoms with Crippen LogP contribution in [0.15, 0.2) is 72.1 Å². The molecule has 3 heterocycles. The van der Waals surface area contributed by atoms with Gasteiger partial charge in [0.25, 0.3) is 0 Å². The lowest BCUT2D eigenvalue weighted by molar-refractivity contribution is 0.0453. The molecule has 0 bridgehead atoms. The highest BCUT2D eigenvalue weighted by molar-refractivity contribution is 7.13. The summed E-state index contributed by atoms with van der Waals surface area (Å²) in [6, 6.07) is 22.9. The predicted molar refractivity (Wildman–Crippen MR) is 120 cm³/mol. The summed E-state index contributed by atoms with van der Waals surface area (Å²) in [5.74, 6) is 0. The smallest absolute Gasteiger partial charge is 0.103 e. The molecule has 0 unspecified atom stereocenters. The molecule has 0 amide bonds. The van der Waals surface area contributed by atoms with Gasteiger partial charge in [0.2, 0.25) is 0 Å². The third-order valence-electron chi connectivity index (χ3n) is 5.91. The first-order chi connectivity index (χ1) is 14.1. The van der Waals surface area contributed by atoms with E-state index in [4.69, 9.17) is 4.98 Å². The van der Waals surface area contributed by atoms with E-state index in [1.165, 1.54) is 21.4 Å². The Hall–Kier alpha value is -2.53. The largest absolute Gasteiger partial charge is 0.384 e. The molecule has 1 aliphatic heterocycles. The van der Waals surface area contributed by atoms with Crippen molar-refractivity contribution in [2.75, 3.05) is 13.1 Å². The van der Waals surface area contributed by atoms with Crippen molar-refractivity contribution in [3.05, 3.63) is 88.8 Å². The van der Waals surface area contributed by atoms with Gasteiger partial charge in [0.1, 0.15) is 5.60 Å². The van der Waals surface area contributed by atoms with E-state index >= 15 is 0 Å². The van der Waals surface area contributed by atoms with Crippen molar-refractivity contribution < 1.29 is 5.11 Å². The minimum atomic E-state index is -0.773. The number of benzene rings is 2. The van der Waals surface area contributed by atoms with Gasteiger partial charge in [0.05, 0.1) is 16.1 Å². The van der Waals surface area contributed by atoms with Crippen LogP contribution in [-0.4, -0.2) is 28.1 Å². The van der Waals surface area contributed by atoms with Crippen molar-refractivity contribution in [1.29, 1.82) is 0 Å². The van der Waals surface area contributed by atoms with E-state index in [0.717, 1.165) is 36.3 Å². The molecule has 0 radical (unpaired) electrons. The quantitative estimate of drug-likeness (QED) is 0.501. The van der Waals surface area contributed by atoms with Gasteiger partial charge in [-0.1, -0.05) is 54.6 Å². The molecule has 1 N–H and O–H groups in total. The fourth-order valence-electron chi connectivity index (χ4n) is 4.37. The SMILES string of the molecule is Cc1cccc2cc(CN3CC[C@](O)(c4ccccc4)C3)c(-c3cccs3)nc12. The third kappa shape index (κ3) is 3.48. The lowest BCUT2D eigenvalue weighted by Gasteiger charge is -2.24. The van der Waals surface area contributed by atoms with Crippen LogP contribution in [-0.2, 0) is 12.1 Å². The fourth-order valence-corrected chi connectivity index (χ4v) is 5.12. The second kappa shape index (κ2) is 7.38. The van der Waals surface area contributed by atoms with E-state index in [2.05, 4.69) is 53.6 Å². The van der Waals surface area contributed by atoms with Gasteiger partial charge in [-0.3, -0.25) is 4.90 Å². The van der Waals surface area contributed by atoms with Gasteiger partial charge in [0, 0.05) is 25.0 Å². The first-order valence-corrected chi connectivity index (χ1v) is 10.9. The number of β-amino-alcohol motifs (C(OH)–C–C–N with tert-alkyl or cyclic N) is 1. The van der Waals surface area contributed by atoms with Crippen molar-refractivity contribution in [2.24, 2.45) is 0 Å². The van der Waals surface area contributed by atoms with Crippen LogP contribution >= 0.6 is 11.3 Å². The highest BCUT2D eigenvalue weighted by Crippen LogP contribution is 2.35. The number of pyridine rings is 1. The van der Waals surface area contributed by atoms with E-state index in [0.29, 0.717) is 6.54 Å². The van der Waals surface area contributed by atoms with Crippen molar-refractivity contribution in [2.45, 2.75) is 25.5 Å². The number of rotatable bonds is 4. The minimum absolute atomic E-state index is 0.646. The summed E-state index contributed by atoms with van der Waals surface area (Å²) < 4.78 is 0. The fraction of sp³-hybridized carbons (Fsp3) is 0.240. The molecule has 146 valence electrons. The summed E-state index contributed by atoms with van der Waals surface area (Å²) >= 11 is 1.73. The van der Waals surface area contributed by atoms with Crippen LogP contribution in [0, 0.1) is 6.92 Å². The molecule has 0 spiro atoms. The van der Waals surface area contributed by atoms with E-state index < -0.39 is 5.60 Å².